The summed E-state index contributed by atoms with van der Waals surface area (Å²) >= 11 is 0. The molecule has 2 aromatic carbocycles. The van der Waals surface area contributed by atoms with Crippen molar-refractivity contribution in [2.45, 2.75) is 19.6 Å². The maximum atomic E-state index is 5.98. The van der Waals surface area contributed by atoms with Crippen LogP contribution in [0.25, 0.3) is 0 Å². The number of nitrogens with zero attached hydrogens (tertiary/aromatic N) is 1. The fraction of sp³-hybridized carbons (Fsp3) is 0.227. The Bertz CT molecular complexity index is 792. The van der Waals surface area contributed by atoms with E-state index in [2.05, 4.69) is 40.6 Å². The van der Waals surface area contributed by atoms with E-state index in [4.69, 9.17) is 9.47 Å². The summed E-state index contributed by atoms with van der Waals surface area (Å²) in [6.07, 6.45) is 2.81. The lowest BCUT2D eigenvalue weighted by molar-refractivity contribution is -0.670. The van der Waals surface area contributed by atoms with Gasteiger partial charge in [0.2, 0.25) is 0 Å². The first-order valence-corrected chi connectivity index (χ1v) is 8.90. The molecule has 0 aliphatic rings. The Kier molecular flexibility index (Phi) is 6.62. The molecule has 0 atom stereocenters. The minimum Gasteiger partial charge on any atom is -0.493 e. The van der Waals surface area contributed by atoms with Gasteiger partial charge in [0.15, 0.2) is 11.5 Å². The minimum atomic E-state index is 0.532. The molecule has 134 valence electrons. The second-order valence-electron chi connectivity index (χ2n) is 6.11. The molecule has 4 heteroatoms. The Morgan fingerprint density at radius 2 is 1.73 bits per heavy atom. The zero-order valence-corrected chi connectivity index (χ0v) is 15.1. The number of methoxy groups -OCH3 is 1. The highest BCUT2D eigenvalue weighted by atomic mass is 16.5. The average Bonchev–Trinajstić information content (AvgIpc) is 2.71. The van der Waals surface area contributed by atoms with E-state index in [1.807, 2.05) is 42.6 Å². The van der Waals surface area contributed by atoms with E-state index in [0.29, 0.717) is 6.61 Å². The van der Waals surface area contributed by atoms with Gasteiger partial charge in [0.25, 0.3) is 0 Å². The van der Waals surface area contributed by atoms with Gasteiger partial charge in [-0.05, 0) is 35.9 Å². The van der Waals surface area contributed by atoms with Crippen LogP contribution >= 0.6 is 0 Å². The third kappa shape index (κ3) is 5.33. The Balaban J connectivity index is 1.54. The maximum absolute atomic E-state index is 5.98. The maximum Gasteiger partial charge on any atom is 0.162 e. The number of hydrogen-bond donors (Lipinski definition) is 1. The van der Waals surface area contributed by atoms with Crippen LogP contribution in [-0.4, -0.2) is 18.6 Å². The van der Waals surface area contributed by atoms with Crippen molar-refractivity contribution in [1.29, 1.82) is 0 Å². The summed E-state index contributed by atoms with van der Waals surface area (Å²) in [5, 5.41) is 2.29. The second-order valence-corrected chi connectivity index (χ2v) is 6.11. The van der Waals surface area contributed by atoms with E-state index < -0.39 is 0 Å². The van der Waals surface area contributed by atoms with E-state index in [1.54, 1.807) is 7.11 Å². The van der Waals surface area contributed by atoms with Crippen LogP contribution in [0.15, 0.2) is 72.9 Å². The molecule has 0 unspecified atom stereocenters. The molecule has 0 aliphatic carbocycles. The van der Waals surface area contributed by atoms with Crippen molar-refractivity contribution in [3.63, 3.8) is 0 Å². The third-order valence-electron chi connectivity index (χ3n) is 4.18. The van der Waals surface area contributed by atoms with Crippen LogP contribution in [0, 0.1) is 0 Å². The Labute approximate surface area is 154 Å². The number of aromatic nitrogens is 1. The quantitative estimate of drug-likeness (QED) is 0.604. The van der Waals surface area contributed by atoms with Crippen molar-refractivity contribution < 1.29 is 14.8 Å². The Morgan fingerprint density at radius 3 is 2.50 bits per heavy atom. The lowest BCUT2D eigenvalue weighted by Gasteiger charge is -2.12. The molecule has 0 amide bonds. The molecule has 26 heavy (non-hydrogen) atoms. The first kappa shape index (κ1) is 18.0. The molecule has 1 aromatic heterocycles. The highest BCUT2D eigenvalue weighted by Crippen LogP contribution is 2.28. The summed E-state index contributed by atoms with van der Waals surface area (Å²) in [4.78, 5) is 4.36. The predicted octanol–water partition coefficient (Wildman–Crippen LogP) is 2.98. The number of nitrogens with two attached hydrogens (primary N) is 1. The molecule has 0 fully saturated rings. The Hall–Kier alpha value is -2.85. The van der Waals surface area contributed by atoms with Crippen LogP contribution in [-0.2, 0) is 19.6 Å². The molecule has 4 nitrogen and oxygen atoms in total. The molecule has 1 heterocycles. The molecule has 0 aliphatic heterocycles. The first-order valence-electron chi connectivity index (χ1n) is 8.90. The smallest absolute Gasteiger partial charge is 0.162 e. The van der Waals surface area contributed by atoms with Gasteiger partial charge in [-0.15, -0.1) is 0 Å². The number of rotatable bonds is 9. The lowest BCUT2D eigenvalue weighted by atomic mass is 10.2. The summed E-state index contributed by atoms with van der Waals surface area (Å²) in [7, 11) is 1.67. The summed E-state index contributed by atoms with van der Waals surface area (Å²) in [6.45, 7) is 2.44. The summed E-state index contributed by atoms with van der Waals surface area (Å²) in [6, 6.07) is 22.3. The third-order valence-corrected chi connectivity index (χ3v) is 4.18. The predicted molar refractivity (Wildman–Crippen MR) is 102 cm³/mol. The highest BCUT2D eigenvalue weighted by Gasteiger charge is 2.07. The zero-order chi connectivity index (χ0) is 18.0. The van der Waals surface area contributed by atoms with Gasteiger partial charge < -0.3 is 14.8 Å². The van der Waals surface area contributed by atoms with Gasteiger partial charge in [-0.2, -0.15) is 0 Å². The molecule has 3 rings (SSSR count). The normalized spacial score (nSPS) is 10.5. The van der Waals surface area contributed by atoms with Gasteiger partial charge in [-0.3, -0.25) is 4.98 Å². The topological polar surface area (TPSA) is 48.0 Å². The average molecular weight is 349 g/mol. The zero-order valence-electron chi connectivity index (χ0n) is 15.1. The van der Waals surface area contributed by atoms with Crippen molar-refractivity contribution in [2.24, 2.45) is 0 Å². The van der Waals surface area contributed by atoms with E-state index in [-0.39, 0.29) is 0 Å². The number of hydrogen-bond acceptors (Lipinski definition) is 3. The molecule has 2 N–H and O–H groups in total. The number of pyridine rings is 1. The van der Waals surface area contributed by atoms with Gasteiger partial charge in [0, 0.05) is 23.9 Å². The van der Waals surface area contributed by atoms with Gasteiger partial charge in [0.05, 0.1) is 13.7 Å². The first-order chi connectivity index (χ1) is 12.8. The number of ether oxygens (including phenoxy) is 2. The number of benzene rings is 2. The summed E-state index contributed by atoms with van der Waals surface area (Å²) in [5.41, 5.74) is 3.49. The van der Waals surface area contributed by atoms with Crippen LogP contribution in [0.3, 0.4) is 0 Å². The SMILES string of the molecule is COc1ccc(C[NH2+]CCc2ccccn2)cc1OCc1ccccc1. The molecule has 3 aromatic rings. The summed E-state index contributed by atoms with van der Waals surface area (Å²) in [5.74, 6) is 1.55. The van der Waals surface area contributed by atoms with Gasteiger partial charge >= 0.3 is 0 Å². The van der Waals surface area contributed by atoms with Crippen LogP contribution in [0.1, 0.15) is 16.8 Å². The number of quaternary nitrogens is 1. The van der Waals surface area contributed by atoms with Gasteiger partial charge in [-0.1, -0.05) is 36.4 Å². The van der Waals surface area contributed by atoms with Gasteiger partial charge in [-0.25, -0.2) is 0 Å². The standard InChI is InChI=1S/C22H24N2O2/c1-25-21-11-10-19(16-23-14-12-20-9-5-6-13-24-20)15-22(21)26-17-18-7-3-2-4-8-18/h2-11,13,15,23H,12,14,16-17H2,1H3/p+1. The molecule has 0 spiro atoms. The molecular weight excluding hydrogens is 324 g/mol. The fourth-order valence-electron chi connectivity index (χ4n) is 2.76. The van der Waals surface area contributed by atoms with Crippen LogP contribution in [0.4, 0.5) is 0 Å². The second kappa shape index (κ2) is 9.59. The molecular formula is C22H25N2O2+. The van der Waals surface area contributed by atoms with E-state index >= 15 is 0 Å². The van der Waals surface area contributed by atoms with Crippen molar-refractivity contribution in [1.82, 2.24) is 4.98 Å². The Morgan fingerprint density at radius 1 is 0.885 bits per heavy atom. The van der Waals surface area contributed by atoms with E-state index in [9.17, 15) is 0 Å². The largest absolute Gasteiger partial charge is 0.493 e. The van der Waals surface area contributed by atoms with Crippen molar-refractivity contribution in [3.05, 3.63) is 89.7 Å². The summed E-state index contributed by atoms with van der Waals surface area (Å²) < 4.78 is 11.4. The molecule has 0 saturated carbocycles. The van der Waals surface area contributed by atoms with E-state index in [1.165, 1.54) is 5.56 Å². The molecule has 0 saturated heterocycles. The van der Waals surface area contributed by atoms with Crippen LogP contribution in [0.2, 0.25) is 0 Å². The highest BCUT2D eigenvalue weighted by molar-refractivity contribution is 5.42. The van der Waals surface area contributed by atoms with Crippen LogP contribution < -0.4 is 14.8 Å². The van der Waals surface area contributed by atoms with E-state index in [0.717, 1.165) is 42.3 Å². The van der Waals surface area contributed by atoms with Crippen molar-refractivity contribution in [3.8, 4) is 11.5 Å². The monoisotopic (exact) mass is 349 g/mol. The molecule has 0 bridgehead atoms. The van der Waals surface area contributed by atoms with Crippen LogP contribution in [0.5, 0.6) is 11.5 Å². The van der Waals surface area contributed by atoms with Crippen molar-refractivity contribution >= 4 is 0 Å². The lowest BCUT2D eigenvalue weighted by Crippen LogP contribution is -2.83. The minimum absolute atomic E-state index is 0.532. The molecule has 0 radical (unpaired) electrons. The van der Waals surface area contributed by atoms with Crippen molar-refractivity contribution in [2.75, 3.05) is 13.7 Å². The van der Waals surface area contributed by atoms with Gasteiger partial charge in [0.1, 0.15) is 13.2 Å². The fourth-order valence-corrected chi connectivity index (χ4v) is 2.76.